The van der Waals surface area contributed by atoms with Crippen LogP contribution in [0, 0.1) is 3.57 Å². The fraction of sp³-hybridized carbons (Fsp3) is 0. The maximum atomic E-state index is 12.1. The fourth-order valence-corrected chi connectivity index (χ4v) is 4.97. The standard InChI is InChI=1S/C11H5Br2ClINOS/c12-9-4-6(10(13)18-9)11(17)16-8-2-1-5(15)3-7(8)14/h1-4H,(H,16,17). The molecule has 0 aliphatic rings. The Morgan fingerprint density at radius 1 is 1.33 bits per heavy atom. The highest BCUT2D eigenvalue weighted by Gasteiger charge is 2.14. The molecule has 0 radical (unpaired) electrons. The Balaban J connectivity index is 2.24. The van der Waals surface area contributed by atoms with Crippen LogP contribution in [0.3, 0.4) is 0 Å². The molecule has 0 atom stereocenters. The lowest BCUT2D eigenvalue weighted by atomic mass is 10.3. The normalized spacial score (nSPS) is 10.4. The first-order valence-corrected chi connectivity index (χ1v) is 8.54. The van der Waals surface area contributed by atoms with Gasteiger partial charge in [-0.25, -0.2) is 0 Å². The van der Waals surface area contributed by atoms with Gasteiger partial charge in [0.2, 0.25) is 0 Å². The number of anilines is 1. The van der Waals surface area contributed by atoms with E-state index >= 15 is 0 Å². The van der Waals surface area contributed by atoms with Crippen molar-refractivity contribution in [3.8, 4) is 0 Å². The largest absolute Gasteiger partial charge is 0.321 e. The first-order chi connectivity index (χ1) is 8.47. The molecule has 0 unspecified atom stereocenters. The molecule has 0 aliphatic carbocycles. The van der Waals surface area contributed by atoms with Crippen molar-refractivity contribution >= 4 is 89.0 Å². The Morgan fingerprint density at radius 2 is 2.06 bits per heavy atom. The third-order valence-electron chi connectivity index (χ3n) is 2.08. The summed E-state index contributed by atoms with van der Waals surface area (Å²) in [7, 11) is 0. The van der Waals surface area contributed by atoms with Crippen LogP contribution in [0.5, 0.6) is 0 Å². The molecule has 1 aromatic carbocycles. The average Bonchev–Trinajstić information content (AvgIpc) is 2.62. The minimum atomic E-state index is -0.188. The second-order valence-electron chi connectivity index (χ2n) is 3.32. The number of thiophene rings is 1. The SMILES string of the molecule is O=C(Nc1ccc(I)cc1Cl)c1cc(Br)sc1Br. The van der Waals surface area contributed by atoms with Crippen LogP contribution in [0.25, 0.3) is 0 Å². The number of nitrogens with one attached hydrogen (secondary N) is 1. The molecule has 1 aromatic heterocycles. The van der Waals surface area contributed by atoms with Crippen LogP contribution in [0.4, 0.5) is 5.69 Å². The lowest BCUT2D eigenvalue weighted by molar-refractivity contribution is 0.102. The van der Waals surface area contributed by atoms with Gasteiger partial charge in [0, 0.05) is 3.57 Å². The van der Waals surface area contributed by atoms with Gasteiger partial charge in [0.25, 0.3) is 5.91 Å². The van der Waals surface area contributed by atoms with Gasteiger partial charge in [-0.3, -0.25) is 4.79 Å². The molecule has 0 aliphatic heterocycles. The highest BCUT2D eigenvalue weighted by atomic mass is 127. The van der Waals surface area contributed by atoms with Crippen molar-refractivity contribution in [1.29, 1.82) is 0 Å². The van der Waals surface area contributed by atoms with Crippen LogP contribution in [-0.2, 0) is 0 Å². The van der Waals surface area contributed by atoms with Crippen LogP contribution in [0.2, 0.25) is 5.02 Å². The molecule has 1 heterocycles. The van der Waals surface area contributed by atoms with Crippen LogP contribution < -0.4 is 5.32 Å². The predicted octanol–water partition coefficient (Wildman–Crippen LogP) is 5.78. The molecule has 0 bridgehead atoms. The van der Waals surface area contributed by atoms with Gasteiger partial charge in [-0.1, -0.05) is 11.6 Å². The van der Waals surface area contributed by atoms with E-state index in [1.54, 1.807) is 18.2 Å². The van der Waals surface area contributed by atoms with Gasteiger partial charge in [0.15, 0.2) is 0 Å². The van der Waals surface area contributed by atoms with E-state index in [9.17, 15) is 4.79 Å². The average molecular weight is 521 g/mol. The van der Waals surface area contributed by atoms with Crippen LogP contribution in [-0.4, -0.2) is 5.91 Å². The number of carbonyl (C=O) groups excluding carboxylic acids is 1. The number of halogens is 4. The molecule has 7 heteroatoms. The lowest BCUT2D eigenvalue weighted by Crippen LogP contribution is -2.11. The van der Waals surface area contributed by atoms with Gasteiger partial charge in [0.05, 0.1) is 23.8 Å². The zero-order valence-corrected chi connectivity index (χ0v) is 15.5. The number of benzene rings is 1. The van der Waals surface area contributed by atoms with E-state index in [1.807, 2.05) is 6.07 Å². The topological polar surface area (TPSA) is 29.1 Å². The second-order valence-corrected chi connectivity index (χ2v) is 8.72. The number of rotatable bonds is 2. The van der Waals surface area contributed by atoms with Gasteiger partial charge in [-0.05, 0) is 78.7 Å². The summed E-state index contributed by atoms with van der Waals surface area (Å²) in [5.74, 6) is -0.188. The van der Waals surface area contributed by atoms with Gasteiger partial charge in [-0.2, -0.15) is 0 Å². The van der Waals surface area contributed by atoms with Gasteiger partial charge in [0.1, 0.15) is 0 Å². The zero-order valence-electron chi connectivity index (χ0n) is 8.64. The first-order valence-electron chi connectivity index (χ1n) is 4.68. The molecule has 1 amide bonds. The molecule has 0 saturated carbocycles. The summed E-state index contributed by atoms with van der Waals surface area (Å²) in [5.41, 5.74) is 1.19. The van der Waals surface area contributed by atoms with Crippen LogP contribution in [0.15, 0.2) is 31.8 Å². The maximum absolute atomic E-state index is 12.1. The van der Waals surface area contributed by atoms with E-state index in [-0.39, 0.29) is 5.91 Å². The van der Waals surface area contributed by atoms with E-state index in [1.165, 1.54) is 11.3 Å². The van der Waals surface area contributed by atoms with E-state index in [0.29, 0.717) is 16.3 Å². The molecule has 0 fully saturated rings. The first kappa shape index (κ1) is 14.8. The van der Waals surface area contributed by atoms with E-state index in [4.69, 9.17) is 11.6 Å². The van der Waals surface area contributed by atoms with Crippen LogP contribution >= 0.6 is 77.4 Å². The Kier molecular flexibility index (Phi) is 5.10. The van der Waals surface area contributed by atoms with Crippen molar-refractivity contribution in [1.82, 2.24) is 0 Å². The summed E-state index contributed by atoms with van der Waals surface area (Å²) in [6.45, 7) is 0. The summed E-state index contributed by atoms with van der Waals surface area (Å²) < 4.78 is 2.71. The van der Waals surface area contributed by atoms with E-state index in [0.717, 1.165) is 11.1 Å². The molecule has 2 nitrogen and oxygen atoms in total. The van der Waals surface area contributed by atoms with Gasteiger partial charge in [-0.15, -0.1) is 11.3 Å². The zero-order chi connectivity index (χ0) is 13.3. The number of hydrogen-bond donors (Lipinski definition) is 1. The Hall–Kier alpha value is 0.370. The van der Waals surface area contributed by atoms with Crippen molar-refractivity contribution in [3.63, 3.8) is 0 Å². The molecular formula is C11H5Br2ClINOS. The van der Waals surface area contributed by atoms with Gasteiger partial charge >= 0.3 is 0 Å². The monoisotopic (exact) mass is 519 g/mol. The third-order valence-corrected chi connectivity index (χ3v) is 5.40. The summed E-state index contributed by atoms with van der Waals surface area (Å²) in [5, 5.41) is 3.32. The van der Waals surface area contributed by atoms with Crippen molar-refractivity contribution in [2.24, 2.45) is 0 Å². The predicted molar refractivity (Wildman–Crippen MR) is 91.8 cm³/mol. The highest BCUT2D eigenvalue weighted by molar-refractivity contribution is 14.1. The molecule has 18 heavy (non-hydrogen) atoms. The van der Waals surface area contributed by atoms with E-state index < -0.39 is 0 Å². The highest BCUT2D eigenvalue weighted by Crippen LogP contribution is 2.33. The molecule has 1 N–H and O–H groups in total. The number of amides is 1. The third kappa shape index (κ3) is 3.47. The molecule has 94 valence electrons. The fourth-order valence-electron chi connectivity index (χ4n) is 1.28. The number of carbonyl (C=O) groups is 1. The van der Waals surface area contributed by atoms with Crippen LogP contribution in [0.1, 0.15) is 10.4 Å². The van der Waals surface area contributed by atoms with Crippen molar-refractivity contribution in [2.45, 2.75) is 0 Å². The molecule has 2 aromatic rings. The summed E-state index contributed by atoms with van der Waals surface area (Å²) >= 11 is 16.4. The minimum Gasteiger partial charge on any atom is -0.321 e. The second kappa shape index (κ2) is 6.21. The lowest BCUT2D eigenvalue weighted by Gasteiger charge is -2.06. The minimum absolute atomic E-state index is 0.188. The smallest absolute Gasteiger partial charge is 0.257 e. The number of hydrogen-bond acceptors (Lipinski definition) is 2. The summed E-state index contributed by atoms with van der Waals surface area (Å²) in [6.07, 6.45) is 0. The Labute approximate surface area is 144 Å². The summed E-state index contributed by atoms with van der Waals surface area (Å²) in [6, 6.07) is 7.25. The molecule has 0 spiro atoms. The quantitative estimate of drug-likeness (QED) is 0.499. The van der Waals surface area contributed by atoms with Crippen molar-refractivity contribution in [2.75, 3.05) is 5.32 Å². The molecule has 0 saturated heterocycles. The molecule has 2 rings (SSSR count). The van der Waals surface area contributed by atoms with Crippen molar-refractivity contribution < 1.29 is 4.79 Å². The van der Waals surface area contributed by atoms with Crippen molar-refractivity contribution in [3.05, 3.63) is 46.0 Å². The Morgan fingerprint density at radius 3 is 2.61 bits per heavy atom. The van der Waals surface area contributed by atoms with E-state index in [2.05, 4.69) is 59.8 Å². The Bertz CT molecular complexity index is 617. The molecular weight excluding hydrogens is 516 g/mol. The summed E-state index contributed by atoms with van der Waals surface area (Å²) in [4.78, 5) is 12.1. The maximum Gasteiger partial charge on any atom is 0.257 e. The van der Waals surface area contributed by atoms with Gasteiger partial charge < -0.3 is 5.32 Å².